The van der Waals surface area contributed by atoms with Gasteiger partial charge < -0.3 is 0 Å². The van der Waals surface area contributed by atoms with Gasteiger partial charge in [0.25, 0.3) is 0 Å². The first-order chi connectivity index (χ1) is 13.1. The summed E-state index contributed by atoms with van der Waals surface area (Å²) in [6, 6.07) is 26.4. The molecule has 1 heterocycles. The quantitative estimate of drug-likeness (QED) is 0.419. The van der Waals surface area contributed by atoms with Gasteiger partial charge in [0.05, 0.1) is 22.2 Å². The van der Waals surface area contributed by atoms with E-state index < -0.39 is 5.41 Å². The summed E-state index contributed by atoms with van der Waals surface area (Å²) >= 11 is 0. The van der Waals surface area contributed by atoms with Crippen molar-refractivity contribution in [1.29, 1.82) is 0 Å². The topological polar surface area (TPSA) is 30.0 Å². The molecule has 0 unspecified atom stereocenters. The minimum absolute atomic E-state index is 0.133. The molecule has 2 heteroatoms. The average molecular weight is 349 g/mol. The molecule has 0 spiro atoms. The Morgan fingerprint density at radius 3 is 2.22 bits per heavy atom. The maximum atomic E-state index is 13.7. The van der Waals surface area contributed by atoms with Crippen molar-refractivity contribution in [3.05, 3.63) is 90.0 Å². The van der Waals surface area contributed by atoms with Crippen molar-refractivity contribution < 1.29 is 4.79 Å². The van der Waals surface area contributed by atoms with Crippen molar-refractivity contribution in [2.24, 2.45) is 0 Å². The van der Waals surface area contributed by atoms with Crippen molar-refractivity contribution in [2.75, 3.05) is 0 Å². The van der Waals surface area contributed by atoms with Crippen LogP contribution in [0, 0.1) is 0 Å². The lowest BCUT2D eigenvalue weighted by molar-refractivity contribution is 0.0907. The third kappa shape index (κ3) is 2.20. The molecular formula is C25H19NO. The fraction of sp³-hybridized carbons (Fsp3) is 0.120. The maximum absolute atomic E-state index is 13.7. The fourth-order valence-electron chi connectivity index (χ4n) is 4.20. The van der Waals surface area contributed by atoms with Crippen LogP contribution in [0.25, 0.3) is 33.3 Å². The van der Waals surface area contributed by atoms with Crippen LogP contribution < -0.4 is 0 Å². The fourth-order valence-corrected chi connectivity index (χ4v) is 4.20. The van der Waals surface area contributed by atoms with Gasteiger partial charge >= 0.3 is 0 Å². The van der Waals surface area contributed by atoms with Crippen molar-refractivity contribution in [1.82, 2.24) is 4.98 Å². The Balaban J connectivity index is 2.00. The molecule has 0 aliphatic heterocycles. The van der Waals surface area contributed by atoms with Crippen LogP contribution in [0.3, 0.4) is 0 Å². The Bertz CT molecular complexity index is 1210. The smallest absolute Gasteiger partial charge is 0.175 e. The molecule has 0 N–H and O–H groups in total. The summed E-state index contributed by atoms with van der Waals surface area (Å²) in [6.45, 7) is 4.03. The lowest BCUT2D eigenvalue weighted by Gasteiger charge is -2.33. The number of carbonyl (C=O) groups excluding carboxylic acids is 1. The first-order valence-corrected chi connectivity index (χ1v) is 9.22. The minimum atomic E-state index is -0.586. The molecule has 1 aromatic heterocycles. The standard InChI is InChI=1S/C25H19NO/c1-25(2)19-14-8-6-12-17(19)23-22(24(25)27)21(16-10-4-3-5-11-16)18-13-7-9-15-20(18)26-23/h3-15H,1-2H3. The number of benzene rings is 3. The molecular weight excluding hydrogens is 330 g/mol. The number of ketones is 1. The molecule has 27 heavy (non-hydrogen) atoms. The molecule has 0 saturated carbocycles. The molecule has 1 aliphatic carbocycles. The number of pyridine rings is 1. The second-order valence-corrected chi connectivity index (χ2v) is 7.59. The van der Waals surface area contributed by atoms with E-state index in [1.54, 1.807) is 0 Å². The second kappa shape index (κ2) is 5.62. The van der Waals surface area contributed by atoms with Gasteiger partial charge in [-0.15, -0.1) is 0 Å². The van der Waals surface area contributed by atoms with Gasteiger partial charge in [-0.25, -0.2) is 4.98 Å². The lowest BCUT2D eigenvalue weighted by Crippen LogP contribution is -2.34. The average Bonchev–Trinajstić information content (AvgIpc) is 2.71. The molecule has 0 fully saturated rings. The van der Waals surface area contributed by atoms with Crippen LogP contribution >= 0.6 is 0 Å². The number of nitrogens with zero attached hydrogens (tertiary/aromatic N) is 1. The molecule has 0 saturated heterocycles. The summed E-state index contributed by atoms with van der Waals surface area (Å²) in [5.74, 6) is 0.133. The molecule has 1 aliphatic rings. The van der Waals surface area contributed by atoms with Crippen molar-refractivity contribution in [3.8, 4) is 22.4 Å². The second-order valence-electron chi connectivity index (χ2n) is 7.59. The van der Waals surface area contributed by atoms with E-state index in [9.17, 15) is 4.79 Å². The summed E-state index contributed by atoms with van der Waals surface area (Å²) in [6.07, 6.45) is 0. The van der Waals surface area contributed by atoms with E-state index in [0.717, 1.165) is 44.4 Å². The summed E-state index contributed by atoms with van der Waals surface area (Å²) < 4.78 is 0. The third-order valence-corrected chi connectivity index (χ3v) is 5.61. The van der Waals surface area contributed by atoms with Gasteiger partial charge in [-0.05, 0) is 31.0 Å². The molecule has 0 radical (unpaired) electrons. The zero-order valence-electron chi connectivity index (χ0n) is 15.4. The molecule has 4 aromatic rings. The molecule has 0 amide bonds. The number of hydrogen-bond acceptors (Lipinski definition) is 2. The normalized spacial score (nSPS) is 14.7. The molecule has 5 rings (SSSR count). The third-order valence-electron chi connectivity index (χ3n) is 5.61. The first-order valence-electron chi connectivity index (χ1n) is 9.22. The van der Waals surface area contributed by atoms with Crippen molar-refractivity contribution in [3.63, 3.8) is 0 Å². The van der Waals surface area contributed by atoms with E-state index in [-0.39, 0.29) is 5.78 Å². The highest BCUT2D eigenvalue weighted by Crippen LogP contribution is 2.47. The van der Waals surface area contributed by atoms with E-state index in [4.69, 9.17) is 4.98 Å². The molecule has 2 nitrogen and oxygen atoms in total. The Labute approximate surface area is 158 Å². The Hall–Kier alpha value is -3.26. The predicted octanol–water partition coefficient (Wildman–Crippen LogP) is 6.04. The van der Waals surface area contributed by atoms with Crippen LogP contribution in [0.4, 0.5) is 0 Å². The molecule has 0 atom stereocenters. The number of para-hydroxylation sites is 1. The zero-order chi connectivity index (χ0) is 18.6. The Morgan fingerprint density at radius 1 is 0.741 bits per heavy atom. The van der Waals surface area contributed by atoms with Gasteiger partial charge in [-0.2, -0.15) is 0 Å². The maximum Gasteiger partial charge on any atom is 0.175 e. The van der Waals surface area contributed by atoms with Crippen LogP contribution in [0.15, 0.2) is 78.9 Å². The number of Topliss-reactive ketones (excluding diaryl/α,β-unsaturated/α-hetero) is 1. The van der Waals surface area contributed by atoms with Gasteiger partial charge in [-0.3, -0.25) is 4.79 Å². The Morgan fingerprint density at radius 2 is 1.41 bits per heavy atom. The van der Waals surface area contributed by atoms with Gasteiger partial charge in [0.1, 0.15) is 0 Å². The highest BCUT2D eigenvalue weighted by Gasteiger charge is 2.41. The van der Waals surface area contributed by atoms with E-state index in [2.05, 4.69) is 30.3 Å². The highest BCUT2D eigenvalue weighted by molar-refractivity contribution is 6.19. The molecule has 0 bridgehead atoms. The summed E-state index contributed by atoms with van der Waals surface area (Å²) in [5, 5.41) is 1.02. The SMILES string of the molecule is CC1(C)C(=O)c2c(nc3ccccc3c2-c2ccccc2)-c2ccccc21. The van der Waals surface area contributed by atoms with Gasteiger partial charge in [0.2, 0.25) is 0 Å². The Kier molecular flexibility index (Phi) is 3.32. The number of rotatable bonds is 1. The number of hydrogen-bond donors (Lipinski definition) is 0. The summed E-state index contributed by atoms with van der Waals surface area (Å²) in [4.78, 5) is 18.6. The van der Waals surface area contributed by atoms with Gasteiger partial charge in [0.15, 0.2) is 5.78 Å². The predicted molar refractivity (Wildman–Crippen MR) is 110 cm³/mol. The number of carbonyl (C=O) groups is 1. The number of aromatic nitrogens is 1. The van der Waals surface area contributed by atoms with Gasteiger partial charge in [0, 0.05) is 16.5 Å². The van der Waals surface area contributed by atoms with E-state index in [0.29, 0.717) is 0 Å². The highest BCUT2D eigenvalue weighted by atomic mass is 16.1. The van der Waals surface area contributed by atoms with E-state index in [1.807, 2.05) is 62.4 Å². The zero-order valence-corrected chi connectivity index (χ0v) is 15.4. The largest absolute Gasteiger partial charge is 0.293 e. The van der Waals surface area contributed by atoms with Crippen LogP contribution in [0.5, 0.6) is 0 Å². The van der Waals surface area contributed by atoms with E-state index >= 15 is 0 Å². The van der Waals surface area contributed by atoms with E-state index in [1.165, 1.54) is 0 Å². The minimum Gasteiger partial charge on any atom is -0.293 e. The van der Waals surface area contributed by atoms with Crippen LogP contribution in [0.2, 0.25) is 0 Å². The summed E-state index contributed by atoms with van der Waals surface area (Å²) in [5.41, 5.74) is 6.01. The van der Waals surface area contributed by atoms with Crippen LogP contribution in [-0.2, 0) is 5.41 Å². The monoisotopic (exact) mass is 349 g/mol. The molecule has 130 valence electrons. The van der Waals surface area contributed by atoms with Crippen LogP contribution in [0.1, 0.15) is 29.8 Å². The summed E-state index contributed by atoms with van der Waals surface area (Å²) in [7, 11) is 0. The van der Waals surface area contributed by atoms with Crippen LogP contribution in [-0.4, -0.2) is 10.8 Å². The first kappa shape index (κ1) is 16.0. The lowest BCUT2D eigenvalue weighted by atomic mass is 9.69. The van der Waals surface area contributed by atoms with Gasteiger partial charge in [-0.1, -0.05) is 72.8 Å². The van der Waals surface area contributed by atoms with Crippen molar-refractivity contribution in [2.45, 2.75) is 19.3 Å². The molecule has 3 aromatic carbocycles. The number of fused-ring (bicyclic) bond motifs is 4. The van der Waals surface area contributed by atoms with Crippen molar-refractivity contribution >= 4 is 16.7 Å².